The van der Waals surface area contributed by atoms with E-state index in [-0.39, 0.29) is 54.4 Å². The number of aliphatic hydroxyl groups is 1. The molecule has 1 aromatic heterocycles. The maximum absolute atomic E-state index is 16.0. The quantitative estimate of drug-likeness (QED) is 0.114. The molecule has 1 heterocycles. The van der Waals surface area contributed by atoms with Crippen LogP contribution in [0.3, 0.4) is 0 Å². The number of fused-ring (bicyclic) bond motifs is 4. The Bertz CT molecular complexity index is 2170. The van der Waals surface area contributed by atoms with Crippen molar-refractivity contribution in [2.75, 3.05) is 32.2 Å². The van der Waals surface area contributed by atoms with Gasteiger partial charge in [-0.3, -0.25) is 14.5 Å². The third-order valence-electron chi connectivity index (χ3n) is 12.1. The van der Waals surface area contributed by atoms with E-state index < -0.39 is 107 Å². The van der Waals surface area contributed by atoms with Gasteiger partial charge < -0.3 is 37.7 Å². The molecule has 1 N–H and O–H groups in total. The molecule has 2 amide bonds. The highest BCUT2D eigenvalue weighted by molar-refractivity contribution is 6.74. The molecule has 65 heavy (non-hydrogen) atoms. The van der Waals surface area contributed by atoms with Gasteiger partial charge >= 0.3 is 18.5 Å². The molecule has 5 rings (SSSR count). The predicted octanol–water partition coefficient (Wildman–Crippen LogP) is 10.9. The number of carbonyl (C=O) groups is 4. The van der Waals surface area contributed by atoms with E-state index in [2.05, 4.69) is 9.89 Å². The molecule has 4 atom stereocenters. The predicted molar refractivity (Wildman–Crippen MR) is 237 cm³/mol. The third-order valence-corrected chi connectivity index (χ3v) is 16.5. The zero-order chi connectivity index (χ0) is 49.0. The van der Waals surface area contributed by atoms with Crippen molar-refractivity contribution in [1.82, 2.24) is 10.1 Å². The molecule has 0 unspecified atom stereocenters. The minimum absolute atomic E-state index is 0.0683. The average Bonchev–Trinajstić information content (AvgIpc) is 3.54. The maximum Gasteiger partial charge on any atom is 0.573 e. The van der Waals surface area contributed by atoms with Gasteiger partial charge in [-0.25, -0.2) is 9.59 Å². The van der Waals surface area contributed by atoms with Crippen molar-refractivity contribution in [3.05, 3.63) is 34.1 Å². The number of benzene rings is 1. The summed E-state index contributed by atoms with van der Waals surface area (Å²) in [6, 6.07) is -0.0157. The van der Waals surface area contributed by atoms with Crippen molar-refractivity contribution in [3.63, 3.8) is 0 Å². The van der Waals surface area contributed by atoms with E-state index in [1.165, 1.54) is 41.5 Å². The van der Waals surface area contributed by atoms with Gasteiger partial charge in [0.2, 0.25) is 11.6 Å². The molecule has 0 saturated heterocycles. The summed E-state index contributed by atoms with van der Waals surface area (Å²) in [7, 11) is 0.328. The Labute approximate surface area is 380 Å². The largest absolute Gasteiger partial charge is 0.573 e. The van der Waals surface area contributed by atoms with Crippen molar-refractivity contribution < 1.29 is 70.1 Å². The van der Waals surface area contributed by atoms with E-state index in [1.807, 2.05) is 47.7 Å². The number of imide groups is 1. The van der Waals surface area contributed by atoms with Gasteiger partial charge in [-0.2, -0.15) is 4.90 Å². The number of ether oxygens (including phenoxy) is 5. The van der Waals surface area contributed by atoms with Crippen LogP contribution in [-0.4, -0.2) is 97.7 Å². The Morgan fingerprint density at radius 1 is 0.892 bits per heavy atom. The Kier molecular flexibility index (Phi) is 14.4. The number of rotatable bonds is 13. The van der Waals surface area contributed by atoms with Crippen LogP contribution >= 0.6 is 0 Å². The summed E-state index contributed by atoms with van der Waals surface area (Å²) in [5.41, 5.74) is -6.42. The number of unbranched alkanes of at least 4 members (excludes halogenated alkanes) is 2. The molecule has 1 fully saturated rings. The Hall–Kier alpha value is -4.62. The molecule has 3 aliphatic carbocycles. The lowest BCUT2D eigenvalue weighted by molar-refractivity contribution is -0.275. The van der Waals surface area contributed by atoms with Gasteiger partial charge in [0.05, 0.1) is 24.8 Å². The summed E-state index contributed by atoms with van der Waals surface area (Å²) in [5, 5.41) is 16.4. The summed E-state index contributed by atoms with van der Waals surface area (Å²) in [4.78, 5) is 61.9. The van der Waals surface area contributed by atoms with E-state index in [9.17, 15) is 27.9 Å². The highest BCUT2D eigenvalue weighted by atomic mass is 28.4. The van der Waals surface area contributed by atoms with Crippen molar-refractivity contribution in [2.45, 2.75) is 162 Å². The maximum atomic E-state index is 16.0. The number of amides is 2. The normalized spacial score (nSPS) is 21.3. The molecule has 1 aromatic carbocycles. The SMILES string of the molecule is CCCCOc1noc2c1C(=O)[C@@]1(O[Si](C)(C)C(C)(C)C)C(=O)C3=C(O)c4c(c(OC(F)(F)F)cc(N(C(=O)OC(C)(C)C)C(=O)OC(C)(C)C)c4OCCCC)C[C@H]3C[C@H]1[C@@H]2N(C)C. The molecule has 3 aliphatic rings. The first-order chi connectivity index (χ1) is 29.8. The van der Waals surface area contributed by atoms with E-state index in [1.54, 1.807) is 19.0 Å². The highest BCUT2D eigenvalue weighted by Crippen LogP contribution is 2.60. The van der Waals surface area contributed by atoms with Gasteiger partial charge in [-0.05, 0) is 111 Å². The van der Waals surface area contributed by atoms with Crippen LogP contribution in [0.5, 0.6) is 17.4 Å². The number of Topliss-reactive ketones (excluding diaryl/α,β-unsaturated/α-hetero) is 2. The van der Waals surface area contributed by atoms with Gasteiger partial charge in [0.25, 0.3) is 5.88 Å². The second kappa shape index (κ2) is 18.2. The molecular weight excluding hydrogens is 872 g/mol. The Morgan fingerprint density at radius 2 is 1.45 bits per heavy atom. The first-order valence-corrected chi connectivity index (χ1v) is 25.1. The first kappa shape index (κ1) is 51.4. The second-order valence-electron chi connectivity index (χ2n) is 20.7. The number of aromatic nitrogens is 1. The van der Waals surface area contributed by atoms with E-state index in [4.69, 9.17) is 27.9 Å². The lowest BCUT2D eigenvalue weighted by atomic mass is 9.57. The summed E-state index contributed by atoms with van der Waals surface area (Å²) >= 11 is 0. The number of hydrogen-bond donors (Lipinski definition) is 1. The van der Waals surface area contributed by atoms with Crippen LogP contribution in [0.4, 0.5) is 28.4 Å². The fourth-order valence-corrected chi connectivity index (χ4v) is 9.73. The minimum atomic E-state index is -5.32. The van der Waals surface area contributed by atoms with Crippen LogP contribution in [-0.2, 0) is 25.1 Å². The molecule has 15 nitrogen and oxygen atoms in total. The summed E-state index contributed by atoms with van der Waals surface area (Å²) < 4.78 is 84.8. The van der Waals surface area contributed by atoms with Crippen LogP contribution in [0.25, 0.3) is 5.76 Å². The summed E-state index contributed by atoms with van der Waals surface area (Å²) in [5.74, 6) is -5.83. The van der Waals surface area contributed by atoms with Crippen LogP contribution in [0.15, 0.2) is 16.2 Å². The first-order valence-electron chi connectivity index (χ1n) is 22.2. The number of ketones is 2. The van der Waals surface area contributed by atoms with Crippen LogP contribution < -0.4 is 19.1 Å². The third kappa shape index (κ3) is 10.2. The Morgan fingerprint density at radius 3 is 1.94 bits per heavy atom. The number of nitrogens with zero attached hydrogens (tertiary/aromatic N) is 3. The van der Waals surface area contributed by atoms with E-state index in [0.717, 1.165) is 12.5 Å². The number of carbonyl (C=O) groups excluding carboxylic acids is 4. The molecule has 0 spiro atoms. The van der Waals surface area contributed by atoms with Crippen LogP contribution in [0, 0.1) is 11.8 Å². The second-order valence-corrected chi connectivity index (χ2v) is 25.4. The average molecular weight is 938 g/mol. The monoisotopic (exact) mass is 937 g/mol. The fraction of sp³-hybridized carbons (Fsp3) is 0.674. The highest BCUT2D eigenvalue weighted by Gasteiger charge is 2.69. The lowest BCUT2D eigenvalue weighted by Gasteiger charge is -2.55. The molecule has 0 radical (unpaired) electrons. The number of aliphatic hydroxyl groups excluding tert-OH is 1. The van der Waals surface area contributed by atoms with Gasteiger partial charge in [-0.15, -0.1) is 13.2 Å². The molecule has 19 heteroatoms. The van der Waals surface area contributed by atoms with Gasteiger partial charge in [0.1, 0.15) is 34.0 Å². The molecule has 362 valence electrons. The van der Waals surface area contributed by atoms with Gasteiger partial charge in [0, 0.05) is 23.1 Å². The van der Waals surface area contributed by atoms with Crippen molar-refractivity contribution in [2.24, 2.45) is 11.8 Å². The lowest BCUT2D eigenvalue weighted by Crippen LogP contribution is -2.68. The molecule has 0 aliphatic heterocycles. The number of hydrogen-bond acceptors (Lipinski definition) is 14. The molecule has 2 aromatic rings. The minimum Gasteiger partial charge on any atom is -0.507 e. The summed E-state index contributed by atoms with van der Waals surface area (Å²) in [6.07, 6.45) is -6.03. The van der Waals surface area contributed by atoms with Crippen molar-refractivity contribution in [3.8, 4) is 17.4 Å². The van der Waals surface area contributed by atoms with Crippen LogP contribution in [0.1, 0.15) is 142 Å². The van der Waals surface area contributed by atoms with Gasteiger partial charge in [-0.1, -0.05) is 47.5 Å². The zero-order valence-corrected chi connectivity index (χ0v) is 41.4. The van der Waals surface area contributed by atoms with Crippen molar-refractivity contribution in [1.29, 1.82) is 0 Å². The standard InChI is InChI=1S/C46H66F3N3O12Si/c1-16-18-20-58-35-28(52(40(56)61-42(3,4)5)41(57)62-43(6,7)8)24-29(60-46(47,48)49)26-22-25-23-27-33(51(12)13)36-32(39(50-63-36)59-21-19-17-2)38(55)45(27,64-65(14,15)44(9,10)11)37(54)30(25)34(53)31(26)35/h24-25,27,33,53H,16-23H2,1-15H3/t25-,27-,33-,45-/m0/s1. The fourth-order valence-electron chi connectivity index (χ4n) is 8.28. The van der Waals surface area contributed by atoms with E-state index >= 15 is 9.59 Å². The molecular formula is C46H66F3N3O12Si. The zero-order valence-electron chi connectivity index (χ0n) is 40.4. The smallest absolute Gasteiger partial charge is 0.507 e. The Balaban J connectivity index is 1.91. The van der Waals surface area contributed by atoms with E-state index in [0.29, 0.717) is 24.2 Å². The van der Waals surface area contributed by atoms with Gasteiger partial charge in [0.15, 0.2) is 25.4 Å². The van der Waals surface area contributed by atoms with Crippen molar-refractivity contribution >= 4 is 43.5 Å². The molecule has 0 bridgehead atoms. The van der Waals surface area contributed by atoms with Crippen LogP contribution in [0.2, 0.25) is 18.1 Å². The number of alkyl halides is 3. The topological polar surface area (TPSA) is 176 Å². The molecule has 1 saturated carbocycles. The summed E-state index contributed by atoms with van der Waals surface area (Å²) in [6.45, 7) is 22.7. The number of halogens is 3. The number of anilines is 1.